The monoisotopic (exact) mass is 393 g/mol. The van der Waals surface area contributed by atoms with Crippen LogP contribution in [0.3, 0.4) is 0 Å². The maximum absolute atomic E-state index is 14.5. The van der Waals surface area contributed by atoms with E-state index in [1.165, 1.54) is 12.1 Å². The van der Waals surface area contributed by atoms with Crippen LogP contribution in [-0.4, -0.2) is 34.6 Å². The summed E-state index contributed by atoms with van der Waals surface area (Å²) in [5.41, 5.74) is 4.20. The first-order valence-electron chi connectivity index (χ1n) is 8.20. The van der Waals surface area contributed by atoms with Crippen molar-refractivity contribution in [1.29, 1.82) is 0 Å². The number of hydrogen-bond donors (Lipinski definition) is 2. The van der Waals surface area contributed by atoms with Crippen molar-refractivity contribution in [2.24, 2.45) is 5.73 Å². The Labute approximate surface area is 159 Å². The number of halogens is 2. The van der Waals surface area contributed by atoms with Gasteiger partial charge in [-0.15, -0.1) is 0 Å². The largest absolute Gasteiger partial charge is 0.368 e. The summed E-state index contributed by atoms with van der Waals surface area (Å²) in [6.07, 6.45) is 0.626. The normalized spacial score (nSPS) is 19.6. The zero-order valence-corrected chi connectivity index (χ0v) is 14.9. The third-order valence-corrected chi connectivity index (χ3v) is 4.63. The Morgan fingerprint density at radius 1 is 1.33 bits per heavy atom. The molecule has 1 aromatic carbocycles. The molecular formula is C17H17ClFN5O3. The highest BCUT2D eigenvalue weighted by molar-refractivity contribution is 6.29. The van der Waals surface area contributed by atoms with Crippen LogP contribution in [0, 0.1) is 10.1 Å². The van der Waals surface area contributed by atoms with Gasteiger partial charge in [0.2, 0.25) is 11.5 Å². The van der Waals surface area contributed by atoms with Crippen LogP contribution in [0.4, 0.5) is 27.3 Å². The van der Waals surface area contributed by atoms with Crippen LogP contribution >= 0.6 is 11.6 Å². The molecule has 0 spiro atoms. The Morgan fingerprint density at radius 2 is 2.04 bits per heavy atom. The van der Waals surface area contributed by atoms with Gasteiger partial charge in [-0.05, 0) is 43.2 Å². The van der Waals surface area contributed by atoms with Gasteiger partial charge in [0, 0.05) is 24.0 Å². The van der Waals surface area contributed by atoms with Gasteiger partial charge in [0.15, 0.2) is 0 Å². The summed E-state index contributed by atoms with van der Waals surface area (Å²) in [5.74, 6) is -0.931. The summed E-state index contributed by atoms with van der Waals surface area (Å²) in [6, 6.07) is 9.43. The maximum atomic E-state index is 14.5. The number of piperidine rings is 1. The van der Waals surface area contributed by atoms with E-state index in [9.17, 15) is 19.3 Å². The fourth-order valence-electron chi connectivity index (χ4n) is 2.99. The number of rotatable bonds is 5. The molecule has 1 saturated heterocycles. The number of aromatic nitrogens is 1. The lowest BCUT2D eigenvalue weighted by molar-refractivity contribution is -0.384. The molecule has 8 nitrogen and oxygen atoms in total. The Bertz CT molecular complexity index is 879. The zero-order valence-electron chi connectivity index (χ0n) is 14.2. The first-order chi connectivity index (χ1) is 12.8. The van der Waals surface area contributed by atoms with Gasteiger partial charge in [0.1, 0.15) is 5.15 Å². The van der Waals surface area contributed by atoms with Gasteiger partial charge < -0.3 is 16.0 Å². The molecule has 0 radical (unpaired) electrons. The molecule has 27 heavy (non-hydrogen) atoms. The van der Waals surface area contributed by atoms with Gasteiger partial charge >= 0.3 is 5.69 Å². The summed E-state index contributed by atoms with van der Waals surface area (Å²) in [7, 11) is 0. The van der Waals surface area contributed by atoms with Crippen molar-refractivity contribution in [2.45, 2.75) is 18.5 Å². The third kappa shape index (κ3) is 4.08. The average Bonchev–Trinajstić information content (AvgIpc) is 2.62. The molecule has 0 saturated carbocycles. The maximum Gasteiger partial charge on any atom is 0.311 e. The molecule has 1 unspecified atom stereocenters. The van der Waals surface area contributed by atoms with E-state index in [0.29, 0.717) is 18.7 Å². The number of carbonyl (C=O) groups is 1. The predicted octanol–water partition coefficient (Wildman–Crippen LogP) is 3.18. The second kappa shape index (κ2) is 7.36. The first-order valence-corrected chi connectivity index (χ1v) is 8.58. The van der Waals surface area contributed by atoms with Crippen LogP contribution in [0.25, 0.3) is 0 Å². The van der Waals surface area contributed by atoms with Crippen molar-refractivity contribution in [3.63, 3.8) is 0 Å². The van der Waals surface area contributed by atoms with E-state index in [2.05, 4.69) is 10.3 Å². The molecule has 1 amide bonds. The number of primary amides is 1. The topological polar surface area (TPSA) is 114 Å². The van der Waals surface area contributed by atoms with E-state index >= 15 is 0 Å². The number of alkyl halides is 1. The van der Waals surface area contributed by atoms with Gasteiger partial charge in [0.05, 0.1) is 11.5 Å². The van der Waals surface area contributed by atoms with Crippen LogP contribution in [0.1, 0.15) is 12.8 Å². The first kappa shape index (κ1) is 18.8. The lowest BCUT2D eigenvalue weighted by Crippen LogP contribution is -2.53. The number of hydrogen-bond acceptors (Lipinski definition) is 6. The van der Waals surface area contributed by atoms with E-state index in [1.807, 2.05) is 0 Å². The molecule has 0 bridgehead atoms. The zero-order chi connectivity index (χ0) is 19.6. The number of nitrogens with one attached hydrogen (secondary N) is 1. The third-order valence-electron chi connectivity index (χ3n) is 4.42. The fourth-order valence-corrected chi connectivity index (χ4v) is 3.14. The Hall–Kier alpha value is -2.94. The van der Waals surface area contributed by atoms with E-state index in [4.69, 9.17) is 17.3 Å². The number of carbonyl (C=O) groups excluding carboxylic acids is 1. The lowest BCUT2D eigenvalue weighted by atomic mass is 9.93. The molecule has 2 aromatic rings. The Balaban J connectivity index is 1.78. The summed E-state index contributed by atoms with van der Waals surface area (Å²) in [4.78, 5) is 27.6. The quantitative estimate of drug-likeness (QED) is 0.458. The molecule has 1 aliphatic heterocycles. The number of anilines is 3. The van der Waals surface area contributed by atoms with Crippen molar-refractivity contribution in [2.75, 3.05) is 23.3 Å². The fraction of sp³-hybridized carbons (Fsp3) is 0.294. The number of nitro groups is 1. The van der Waals surface area contributed by atoms with E-state index in [1.54, 1.807) is 29.2 Å². The predicted molar refractivity (Wildman–Crippen MR) is 100 cm³/mol. The van der Waals surface area contributed by atoms with Gasteiger partial charge in [0.25, 0.3) is 5.91 Å². The van der Waals surface area contributed by atoms with Crippen LogP contribution in [-0.2, 0) is 4.79 Å². The summed E-state index contributed by atoms with van der Waals surface area (Å²) >= 11 is 5.81. The highest BCUT2D eigenvalue weighted by atomic mass is 35.5. The van der Waals surface area contributed by atoms with Crippen LogP contribution in [0.15, 0.2) is 36.4 Å². The summed E-state index contributed by atoms with van der Waals surface area (Å²) in [6.45, 7) is 0.503. The molecule has 2 heterocycles. The van der Waals surface area contributed by atoms with Crippen molar-refractivity contribution in [3.8, 4) is 0 Å². The van der Waals surface area contributed by atoms with Crippen LogP contribution < -0.4 is 16.0 Å². The number of benzene rings is 1. The van der Waals surface area contributed by atoms with Crippen LogP contribution in [0.5, 0.6) is 0 Å². The van der Waals surface area contributed by atoms with E-state index < -0.39 is 16.5 Å². The molecule has 3 N–H and O–H groups in total. The minimum absolute atomic E-state index is 0.0229. The van der Waals surface area contributed by atoms with Gasteiger partial charge in [-0.2, -0.15) is 0 Å². The standard InChI is InChI=1S/C17H17ClFN5O3/c18-14-7-6-13(24(26)27)15(22-14)21-11-2-4-12(5-3-11)23-9-1-8-17(19,10-23)16(20)25/h2-7H,1,8-10H2,(H2,20,25)(H,21,22). The molecule has 10 heteroatoms. The molecular weight excluding hydrogens is 377 g/mol. The number of amides is 1. The van der Waals surface area contributed by atoms with Crippen molar-refractivity contribution in [3.05, 3.63) is 51.7 Å². The van der Waals surface area contributed by atoms with Crippen LogP contribution in [0.2, 0.25) is 5.15 Å². The van der Waals surface area contributed by atoms with Crippen molar-refractivity contribution >= 4 is 40.4 Å². The second-order valence-corrected chi connectivity index (χ2v) is 6.67. The Kier molecular flexibility index (Phi) is 5.13. The molecule has 0 aliphatic carbocycles. The molecule has 1 aromatic heterocycles. The lowest BCUT2D eigenvalue weighted by Gasteiger charge is -2.36. The minimum atomic E-state index is -2.04. The van der Waals surface area contributed by atoms with Gasteiger partial charge in [-0.1, -0.05) is 11.6 Å². The molecule has 1 atom stereocenters. The number of nitrogens with two attached hydrogens (primary N) is 1. The molecule has 142 valence electrons. The number of nitrogens with zero attached hydrogens (tertiary/aromatic N) is 3. The second-order valence-electron chi connectivity index (χ2n) is 6.29. The van der Waals surface area contributed by atoms with E-state index in [-0.39, 0.29) is 29.6 Å². The number of pyridine rings is 1. The molecule has 1 aliphatic rings. The SMILES string of the molecule is NC(=O)C1(F)CCCN(c2ccc(Nc3nc(Cl)ccc3[N+](=O)[O-])cc2)C1. The van der Waals surface area contributed by atoms with Crippen molar-refractivity contribution in [1.82, 2.24) is 4.98 Å². The smallest absolute Gasteiger partial charge is 0.311 e. The molecule has 1 fully saturated rings. The summed E-state index contributed by atoms with van der Waals surface area (Å²) in [5, 5.41) is 14.1. The van der Waals surface area contributed by atoms with E-state index in [0.717, 1.165) is 5.69 Å². The minimum Gasteiger partial charge on any atom is -0.368 e. The molecule has 3 rings (SSSR count). The average molecular weight is 394 g/mol. The summed E-state index contributed by atoms with van der Waals surface area (Å²) < 4.78 is 14.5. The highest BCUT2D eigenvalue weighted by Gasteiger charge is 2.41. The van der Waals surface area contributed by atoms with Gasteiger partial charge in [-0.25, -0.2) is 9.37 Å². The highest BCUT2D eigenvalue weighted by Crippen LogP contribution is 2.31. The van der Waals surface area contributed by atoms with Gasteiger partial charge in [-0.3, -0.25) is 14.9 Å². The Morgan fingerprint density at radius 3 is 2.67 bits per heavy atom. The van der Waals surface area contributed by atoms with Crippen molar-refractivity contribution < 1.29 is 14.1 Å².